The van der Waals surface area contributed by atoms with Crippen molar-refractivity contribution in [1.82, 2.24) is 10.2 Å². The van der Waals surface area contributed by atoms with Crippen molar-refractivity contribution in [3.05, 3.63) is 21.9 Å². The fourth-order valence-corrected chi connectivity index (χ4v) is 3.91. The number of rotatable bonds is 6. The van der Waals surface area contributed by atoms with Crippen molar-refractivity contribution in [2.24, 2.45) is 0 Å². The molecule has 0 spiro atoms. The Kier molecular flexibility index (Phi) is 5.38. The molecular formula is C16H26N2OS2. The van der Waals surface area contributed by atoms with Gasteiger partial charge in [0.15, 0.2) is 0 Å². The van der Waals surface area contributed by atoms with Crippen LogP contribution in [0.5, 0.6) is 0 Å². The second kappa shape index (κ2) is 6.71. The smallest absolute Gasteiger partial charge is 0.244 e. The minimum absolute atomic E-state index is 0.0372. The van der Waals surface area contributed by atoms with E-state index in [4.69, 9.17) is 0 Å². The van der Waals surface area contributed by atoms with E-state index in [1.54, 1.807) is 11.3 Å². The molecular weight excluding hydrogens is 300 g/mol. The van der Waals surface area contributed by atoms with Gasteiger partial charge in [0.2, 0.25) is 5.91 Å². The molecule has 1 aromatic heterocycles. The summed E-state index contributed by atoms with van der Waals surface area (Å²) in [5.41, 5.74) is -0.425. The minimum atomic E-state index is -0.425. The molecule has 1 aliphatic heterocycles. The molecule has 1 fully saturated rings. The van der Waals surface area contributed by atoms with Gasteiger partial charge >= 0.3 is 0 Å². The number of nitrogens with zero attached hydrogens (tertiary/aromatic N) is 1. The van der Waals surface area contributed by atoms with Crippen molar-refractivity contribution in [2.75, 3.05) is 12.8 Å². The lowest BCUT2D eigenvalue weighted by Gasteiger charge is -2.24. The van der Waals surface area contributed by atoms with Gasteiger partial charge in [-0.15, -0.1) is 11.3 Å². The summed E-state index contributed by atoms with van der Waals surface area (Å²) >= 11 is 3.64. The molecule has 3 unspecified atom stereocenters. The van der Waals surface area contributed by atoms with E-state index < -0.39 is 5.54 Å². The Bertz CT molecular complexity index is 502. The maximum atomic E-state index is 12.8. The summed E-state index contributed by atoms with van der Waals surface area (Å²) in [6, 6.07) is 4.29. The van der Waals surface area contributed by atoms with Crippen LogP contribution in [-0.4, -0.2) is 34.4 Å². The van der Waals surface area contributed by atoms with Gasteiger partial charge in [0, 0.05) is 21.5 Å². The van der Waals surface area contributed by atoms with E-state index in [0.29, 0.717) is 5.25 Å². The number of carbonyl (C=O) groups is 1. The number of thiophene rings is 1. The van der Waals surface area contributed by atoms with Crippen molar-refractivity contribution in [2.45, 2.75) is 57.5 Å². The van der Waals surface area contributed by atoms with Gasteiger partial charge in [-0.2, -0.15) is 11.8 Å². The van der Waals surface area contributed by atoms with Crippen LogP contribution in [0.1, 0.15) is 49.5 Å². The predicted molar refractivity (Wildman–Crippen MR) is 92.9 cm³/mol. The monoisotopic (exact) mass is 326 g/mol. The first kappa shape index (κ1) is 16.8. The SMILES string of the molecule is CCC1(C)NC(c2ccc(C)s2)N(CCC(C)SC)C1=O. The molecule has 0 aromatic carbocycles. The number of hydrogen-bond donors (Lipinski definition) is 1. The van der Waals surface area contributed by atoms with Crippen LogP contribution in [0.25, 0.3) is 0 Å². The Balaban J connectivity index is 2.21. The van der Waals surface area contributed by atoms with Gasteiger partial charge in [-0.3, -0.25) is 10.1 Å². The Morgan fingerprint density at radius 3 is 2.76 bits per heavy atom. The second-order valence-electron chi connectivity index (χ2n) is 6.01. The topological polar surface area (TPSA) is 32.3 Å². The van der Waals surface area contributed by atoms with E-state index in [9.17, 15) is 4.79 Å². The molecule has 2 rings (SSSR count). The van der Waals surface area contributed by atoms with Crippen molar-refractivity contribution in [3.8, 4) is 0 Å². The van der Waals surface area contributed by atoms with Gasteiger partial charge < -0.3 is 4.90 Å². The minimum Gasteiger partial charge on any atom is -0.320 e. The molecule has 118 valence electrons. The van der Waals surface area contributed by atoms with Crippen molar-refractivity contribution in [3.63, 3.8) is 0 Å². The Hall–Kier alpha value is -0.520. The van der Waals surface area contributed by atoms with Crippen LogP contribution in [-0.2, 0) is 4.79 Å². The third-order valence-electron chi connectivity index (χ3n) is 4.42. The lowest BCUT2D eigenvalue weighted by Crippen LogP contribution is -2.43. The zero-order valence-electron chi connectivity index (χ0n) is 13.6. The molecule has 0 bridgehead atoms. The average Bonchev–Trinajstić information content (AvgIpc) is 3.00. The standard InChI is InChI=1S/C16H26N2OS2/c1-6-16(4)15(19)18(10-9-11(2)20-5)14(17-16)13-8-7-12(3)21-13/h7-8,11,14,17H,6,9-10H2,1-5H3. The zero-order chi connectivity index (χ0) is 15.6. The maximum Gasteiger partial charge on any atom is 0.244 e. The Labute approximate surface area is 136 Å². The number of hydrogen-bond acceptors (Lipinski definition) is 4. The summed E-state index contributed by atoms with van der Waals surface area (Å²) in [4.78, 5) is 17.4. The lowest BCUT2D eigenvalue weighted by molar-refractivity contribution is -0.133. The molecule has 2 heterocycles. The molecule has 1 aliphatic rings. The van der Waals surface area contributed by atoms with Crippen LogP contribution in [0.4, 0.5) is 0 Å². The number of carbonyl (C=O) groups excluding carboxylic acids is 1. The maximum absolute atomic E-state index is 12.8. The molecule has 3 atom stereocenters. The Morgan fingerprint density at radius 2 is 2.24 bits per heavy atom. The van der Waals surface area contributed by atoms with Gasteiger partial charge in [-0.1, -0.05) is 13.8 Å². The summed E-state index contributed by atoms with van der Waals surface area (Å²) in [7, 11) is 0. The highest BCUT2D eigenvalue weighted by molar-refractivity contribution is 7.99. The number of aryl methyl sites for hydroxylation is 1. The van der Waals surface area contributed by atoms with Crippen LogP contribution >= 0.6 is 23.1 Å². The van der Waals surface area contributed by atoms with Gasteiger partial charge in [0.05, 0.1) is 5.54 Å². The van der Waals surface area contributed by atoms with Gasteiger partial charge in [-0.25, -0.2) is 0 Å². The number of amides is 1. The van der Waals surface area contributed by atoms with E-state index in [1.807, 2.05) is 23.6 Å². The van der Waals surface area contributed by atoms with Crippen LogP contribution < -0.4 is 5.32 Å². The molecule has 21 heavy (non-hydrogen) atoms. The van der Waals surface area contributed by atoms with E-state index in [2.05, 4.69) is 44.5 Å². The first-order valence-corrected chi connectivity index (χ1v) is 9.69. The van der Waals surface area contributed by atoms with E-state index in [0.717, 1.165) is 19.4 Å². The van der Waals surface area contributed by atoms with Crippen molar-refractivity contribution < 1.29 is 4.79 Å². The molecule has 1 aromatic rings. The summed E-state index contributed by atoms with van der Waals surface area (Å²) in [5.74, 6) is 0.245. The fourth-order valence-electron chi connectivity index (χ4n) is 2.62. The highest BCUT2D eigenvalue weighted by Crippen LogP contribution is 2.36. The Morgan fingerprint density at radius 1 is 1.52 bits per heavy atom. The largest absolute Gasteiger partial charge is 0.320 e. The molecule has 0 saturated carbocycles. The number of nitrogens with one attached hydrogen (secondary N) is 1. The third-order valence-corrected chi connectivity index (χ3v) is 6.51. The summed E-state index contributed by atoms with van der Waals surface area (Å²) in [5, 5.41) is 4.15. The molecule has 1 saturated heterocycles. The molecule has 5 heteroatoms. The lowest BCUT2D eigenvalue weighted by atomic mass is 9.99. The second-order valence-corrected chi connectivity index (χ2v) is 8.61. The van der Waals surface area contributed by atoms with Crippen LogP contribution in [0.15, 0.2) is 12.1 Å². The van der Waals surface area contributed by atoms with E-state index in [1.165, 1.54) is 9.75 Å². The quantitative estimate of drug-likeness (QED) is 0.863. The molecule has 1 amide bonds. The van der Waals surface area contributed by atoms with Crippen LogP contribution in [0.3, 0.4) is 0 Å². The third kappa shape index (κ3) is 3.46. The molecule has 0 radical (unpaired) electrons. The molecule has 3 nitrogen and oxygen atoms in total. The van der Waals surface area contributed by atoms with E-state index >= 15 is 0 Å². The predicted octanol–water partition coefficient (Wildman–Crippen LogP) is 3.80. The molecule has 0 aliphatic carbocycles. The van der Waals surface area contributed by atoms with Gasteiger partial charge in [0.25, 0.3) is 0 Å². The highest BCUT2D eigenvalue weighted by Gasteiger charge is 2.47. The zero-order valence-corrected chi connectivity index (χ0v) is 15.2. The normalized spacial score (nSPS) is 27.4. The van der Waals surface area contributed by atoms with Crippen molar-refractivity contribution >= 4 is 29.0 Å². The first-order chi connectivity index (χ1) is 9.91. The summed E-state index contributed by atoms with van der Waals surface area (Å²) in [6.45, 7) is 9.27. The number of thioether (sulfide) groups is 1. The first-order valence-electron chi connectivity index (χ1n) is 7.59. The van der Waals surface area contributed by atoms with E-state index in [-0.39, 0.29) is 12.1 Å². The summed E-state index contributed by atoms with van der Waals surface area (Å²) in [6.07, 6.45) is 4.02. The van der Waals surface area contributed by atoms with Crippen LogP contribution in [0.2, 0.25) is 0 Å². The van der Waals surface area contributed by atoms with Gasteiger partial charge in [-0.05, 0) is 45.1 Å². The van der Waals surface area contributed by atoms with Crippen molar-refractivity contribution in [1.29, 1.82) is 0 Å². The molecule has 1 N–H and O–H groups in total. The average molecular weight is 327 g/mol. The fraction of sp³-hybridized carbons (Fsp3) is 0.688. The van der Waals surface area contributed by atoms with Gasteiger partial charge in [0.1, 0.15) is 6.17 Å². The summed E-state index contributed by atoms with van der Waals surface area (Å²) < 4.78 is 0. The van der Waals surface area contributed by atoms with Crippen LogP contribution in [0, 0.1) is 6.92 Å². The highest BCUT2D eigenvalue weighted by atomic mass is 32.2.